The maximum atomic E-state index is 13.9. The van der Waals surface area contributed by atoms with E-state index in [0.29, 0.717) is 23.7 Å². The number of carbonyl (C=O) groups excluding carboxylic acids is 1. The smallest absolute Gasteiger partial charge is 0.246 e. The Morgan fingerprint density at radius 1 is 1.23 bits per heavy atom. The Morgan fingerprint density at radius 3 is 2.77 bits per heavy atom. The molecule has 0 saturated heterocycles. The first kappa shape index (κ1) is 20.7. The third-order valence-electron chi connectivity index (χ3n) is 5.38. The van der Waals surface area contributed by atoms with Crippen molar-refractivity contribution in [2.45, 2.75) is 33.0 Å². The standard InChI is InChI=1S/C21H21F3N6O/c1-11-20-16(29(3)12(2)21(31)28-20)6-17(27-11)25-7-13-8-26-30(9-13)10-14-4-5-15(22)19(24)18(14)23/h4-6,8-9,12H,7,10H2,1-3H3,(H,25,27)(H,28,31)/t12-/m0/s1. The van der Waals surface area contributed by atoms with Gasteiger partial charge in [-0.3, -0.25) is 9.48 Å². The molecule has 10 heteroatoms. The number of benzene rings is 1. The van der Waals surface area contributed by atoms with E-state index < -0.39 is 17.5 Å². The summed E-state index contributed by atoms with van der Waals surface area (Å²) in [5.41, 5.74) is 3.06. The second-order valence-corrected chi connectivity index (χ2v) is 7.50. The van der Waals surface area contributed by atoms with Gasteiger partial charge in [0.05, 0.1) is 29.8 Å². The minimum atomic E-state index is -1.49. The normalized spacial score (nSPS) is 15.6. The van der Waals surface area contributed by atoms with E-state index in [4.69, 9.17) is 0 Å². The Kier molecular flexibility index (Phi) is 5.30. The minimum Gasteiger partial charge on any atom is -0.366 e. The summed E-state index contributed by atoms with van der Waals surface area (Å²) in [6.45, 7) is 4.02. The first-order valence-corrected chi connectivity index (χ1v) is 9.67. The number of halogens is 3. The van der Waals surface area contributed by atoms with Crippen molar-refractivity contribution in [2.24, 2.45) is 0 Å². The van der Waals surface area contributed by atoms with Gasteiger partial charge in [-0.2, -0.15) is 5.10 Å². The molecule has 0 aliphatic carbocycles. The Labute approximate surface area is 176 Å². The topological polar surface area (TPSA) is 75.1 Å². The van der Waals surface area contributed by atoms with Gasteiger partial charge in [-0.15, -0.1) is 0 Å². The van der Waals surface area contributed by atoms with Crippen LogP contribution in [0, 0.1) is 24.4 Å². The zero-order valence-electron chi connectivity index (χ0n) is 17.2. The number of nitrogens with one attached hydrogen (secondary N) is 2. The summed E-state index contributed by atoms with van der Waals surface area (Å²) >= 11 is 0. The van der Waals surface area contributed by atoms with Crippen LogP contribution >= 0.6 is 0 Å². The van der Waals surface area contributed by atoms with Gasteiger partial charge in [0.2, 0.25) is 5.91 Å². The van der Waals surface area contributed by atoms with Gasteiger partial charge in [-0.1, -0.05) is 6.07 Å². The predicted molar refractivity (Wildman–Crippen MR) is 110 cm³/mol. The molecule has 1 aliphatic heterocycles. The monoisotopic (exact) mass is 430 g/mol. The number of carbonyl (C=O) groups is 1. The highest BCUT2D eigenvalue weighted by molar-refractivity contribution is 6.04. The molecule has 4 rings (SSSR count). The van der Waals surface area contributed by atoms with Crippen LogP contribution in [0.2, 0.25) is 0 Å². The lowest BCUT2D eigenvalue weighted by Gasteiger charge is -2.34. The Balaban J connectivity index is 1.46. The van der Waals surface area contributed by atoms with E-state index in [9.17, 15) is 18.0 Å². The maximum Gasteiger partial charge on any atom is 0.246 e. The number of rotatable bonds is 5. The van der Waals surface area contributed by atoms with Crippen LogP contribution in [0.25, 0.3) is 0 Å². The molecule has 1 aliphatic rings. The second-order valence-electron chi connectivity index (χ2n) is 7.50. The summed E-state index contributed by atoms with van der Waals surface area (Å²) in [7, 11) is 1.85. The summed E-state index contributed by atoms with van der Waals surface area (Å²) in [5, 5.41) is 10.3. The largest absolute Gasteiger partial charge is 0.366 e. The number of aryl methyl sites for hydroxylation is 1. The molecule has 1 aromatic carbocycles. The molecule has 0 saturated carbocycles. The highest BCUT2D eigenvalue weighted by atomic mass is 19.2. The first-order valence-electron chi connectivity index (χ1n) is 9.67. The molecule has 31 heavy (non-hydrogen) atoms. The van der Waals surface area contributed by atoms with Gasteiger partial charge in [0.1, 0.15) is 11.9 Å². The van der Waals surface area contributed by atoms with E-state index in [-0.39, 0.29) is 24.1 Å². The fourth-order valence-corrected chi connectivity index (χ4v) is 3.43. The van der Waals surface area contributed by atoms with Crippen LogP contribution in [0.1, 0.15) is 23.7 Å². The van der Waals surface area contributed by atoms with Crippen molar-refractivity contribution in [3.63, 3.8) is 0 Å². The van der Waals surface area contributed by atoms with Crippen molar-refractivity contribution >= 4 is 23.1 Å². The number of hydrogen-bond acceptors (Lipinski definition) is 5. The number of aromatic nitrogens is 3. The molecule has 0 unspecified atom stereocenters. The molecule has 3 heterocycles. The summed E-state index contributed by atoms with van der Waals surface area (Å²) in [6, 6.07) is 3.66. The lowest BCUT2D eigenvalue weighted by atomic mass is 10.1. The summed E-state index contributed by atoms with van der Waals surface area (Å²) in [6.07, 6.45) is 3.29. The van der Waals surface area contributed by atoms with Gasteiger partial charge in [-0.05, 0) is 19.9 Å². The molecule has 1 atom stereocenters. The van der Waals surface area contributed by atoms with Gasteiger partial charge in [0.25, 0.3) is 0 Å². The van der Waals surface area contributed by atoms with E-state index in [1.807, 2.05) is 31.9 Å². The second kappa shape index (κ2) is 7.93. The van der Waals surface area contributed by atoms with E-state index in [1.54, 1.807) is 12.4 Å². The molecule has 0 spiro atoms. The number of likely N-dealkylation sites (N-methyl/N-ethyl adjacent to an activating group) is 1. The lowest BCUT2D eigenvalue weighted by molar-refractivity contribution is -0.117. The molecule has 162 valence electrons. The Morgan fingerprint density at radius 2 is 2.00 bits per heavy atom. The molecular weight excluding hydrogens is 409 g/mol. The quantitative estimate of drug-likeness (QED) is 0.607. The van der Waals surface area contributed by atoms with Gasteiger partial charge >= 0.3 is 0 Å². The van der Waals surface area contributed by atoms with Crippen LogP contribution in [-0.4, -0.2) is 33.8 Å². The molecule has 0 radical (unpaired) electrons. The zero-order chi connectivity index (χ0) is 22.3. The van der Waals surface area contributed by atoms with Gasteiger partial charge in [-0.25, -0.2) is 18.2 Å². The molecule has 3 aromatic rings. The van der Waals surface area contributed by atoms with Crippen LogP contribution in [0.15, 0.2) is 30.6 Å². The van der Waals surface area contributed by atoms with Crippen molar-refractivity contribution in [3.8, 4) is 0 Å². The van der Waals surface area contributed by atoms with Gasteiger partial charge in [0.15, 0.2) is 17.5 Å². The highest BCUT2D eigenvalue weighted by Crippen LogP contribution is 2.34. The van der Waals surface area contributed by atoms with Crippen molar-refractivity contribution in [1.29, 1.82) is 0 Å². The van der Waals surface area contributed by atoms with Crippen molar-refractivity contribution in [1.82, 2.24) is 14.8 Å². The summed E-state index contributed by atoms with van der Waals surface area (Å²) in [5.74, 6) is -3.37. The SMILES string of the molecule is Cc1nc(NCc2cnn(Cc3ccc(F)c(F)c3F)c2)cc2c1NC(=O)[C@H](C)N2C. The molecule has 0 bridgehead atoms. The number of hydrogen-bond donors (Lipinski definition) is 2. The molecule has 2 N–H and O–H groups in total. The third kappa shape index (κ3) is 3.92. The molecular formula is C21H21F3N6O. The van der Waals surface area contributed by atoms with Crippen molar-refractivity contribution < 1.29 is 18.0 Å². The van der Waals surface area contributed by atoms with E-state index in [2.05, 4.69) is 20.7 Å². The van der Waals surface area contributed by atoms with E-state index >= 15 is 0 Å². The Bertz CT molecular complexity index is 1160. The van der Waals surface area contributed by atoms with E-state index in [0.717, 1.165) is 17.3 Å². The highest BCUT2D eigenvalue weighted by Gasteiger charge is 2.28. The van der Waals surface area contributed by atoms with Crippen LogP contribution < -0.4 is 15.5 Å². The third-order valence-corrected chi connectivity index (χ3v) is 5.38. The number of nitrogens with zero attached hydrogens (tertiary/aromatic N) is 4. The molecule has 0 fully saturated rings. The maximum absolute atomic E-state index is 13.9. The average Bonchev–Trinajstić information content (AvgIpc) is 3.19. The van der Waals surface area contributed by atoms with Gasteiger partial charge < -0.3 is 15.5 Å². The van der Waals surface area contributed by atoms with Crippen molar-refractivity contribution in [3.05, 3.63) is 64.9 Å². The van der Waals surface area contributed by atoms with Gasteiger partial charge in [0, 0.05) is 37.0 Å². The molecule has 1 amide bonds. The fourth-order valence-electron chi connectivity index (χ4n) is 3.43. The molecule has 2 aromatic heterocycles. The predicted octanol–water partition coefficient (Wildman–Crippen LogP) is 3.44. The first-order chi connectivity index (χ1) is 14.7. The average molecular weight is 430 g/mol. The van der Waals surface area contributed by atoms with Crippen LogP contribution in [0.5, 0.6) is 0 Å². The van der Waals surface area contributed by atoms with Crippen molar-refractivity contribution in [2.75, 3.05) is 22.6 Å². The number of fused-ring (bicyclic) bond motifs is 1. The molecule has 7 nitrogen and oxygen atoms in total. The fraction of sp³-hybridized carbons (Fsp3) is 0.286. The zero-order valence-corrected chi connectivity index (χ0v) is 17.2. The number of anilines is 3. The lowest BCUT2D eigenvalue weighted by Crippen LogP contribution is -2.44. The van der Waals surface area contributed by atoms with Crippen LogP contribution in [-0.2, 0) is 17.9 Å². The number of pyridine rings is 1. The summed E-state index contributed by atoms with van der Waals surface area (Å²) in [4.78, 5) is 18.4. The van der Waals surface area contributed by atoms with Crippen LogP contribution in [0.4, 0.5) is 30.4 Å². The Hall–Kier alpha value is -3.56. The van der Waals surface area contributed by atoms with E-state index in [1.165, 1.54) is 10.7 Å². The minimum absolute atomic E-state index is 0.00712. The van der Waals surface area contributed by atoms with Crippen LogP contribution in [0.3, 0.4) is 0 Å². The number of amides is 1. The summed E-state index contributed by atoms with van der Waals surface area (Å²) < 4.78 is 41.8.